The maximum absolute atomic E-state index is 13.2. The number of hydrogen-bond acceptors (Lipinski definition) is 3. The van der Waals surface area contributed by atoms with Crippen LogP contribution in [0.25, 0.3) is 0 Å². The van der Waals surface area contributed by atoms with Crippen LogP contribution in [0.4, 0.5) is 4.39 Å². The van der Waals surface area contributed by atoms with Gasteiger partial charge in [0.05, 0.1) is 0 Å². The van der Waals surface area contributed by atoms with Crippen molar-refractivity contribution in [1.29, 1.82) is 5.26 Å². The van der Waals surface area contributed by atoms with Crippen molar-refractivity contribution in [3.63, 3.8) is 0 Å². The topological polar surface area (TPSA) is 45.0 Å². The van der Waals surface area contributed by atoms with Gasteiger partial charge in [-0.3, -0.25) is 0 Å². The summed E-state index contributed by atoms with van der Waals surface area (Å²) >= 11 is 0. The Balaban J connectivity index is 2.86. The summed E-state index contributed by atoms with van der Waals surface area (Å²) in [7, 11) is 0. The van der Waals surface area contributed by atoms with Crippen LogP contribution in [-0.2, 0) is 0 Å². The third-order valence-electron chi connectivity index (χ3n) is 2.43. The Kier molecular flexibility index (Phi) is 5.44. The first-order valence-corrected chi connectivity index (χ1v) is 5.71. The van der Waals surface area contributed by atoms with Gasteiger partial charge in [0, 0.05) is 11.6 Å². The summed E-state index contributed by atoms with van der Waals surface area (Å²) in [6.45, 7) is 4.84. The lowest BCUT2D eigenvalue weighted by molar-refractivity contribution is 0.357. The number of rotatable bonds is 6. The molecule has 1 aromatic rings. The molecule has 0 heterocycles. The molecule has 1 atom stereocenters. The Labute approximate surface area is 101 Å². The molecule has 1 aromatic carbocycles. The minimum Gasteiger partial charge on any atom is -0.478 e. The maximum atomic E-state index is 13.2. The van der Waals surface area contributed by atoms with E-state index in [1.807, 2.05) is 13.0 Å². The Hall–Kier alpha value is -1.60. The van der Waals surface area contributed by atoms with Crippen molar-refractivity contribution < 1.29 is 9.13 Å². The summed E-state index contributed by atoms with van der Waals surface area (Å²) in [5, 5.41) is 11.8. The molecule has 4 heteroatoms. The van der Waals surface area contributed by atoms with Gasteiger partial charge in [-0.05, 0) is 38.1 Å². The van der Waals surface area contributed by atoms with E-state index in [0.29, 0.717) is 5.75 Å². The van der Waals surface area contributed by atoms with Crippen LogP contribution in [0.3, 0.4) is 0 Å². The number of nitrogens with one attached hydrogen (secondary N) is 1. The standard InChI is InChI=1S/C13H17FN2O/c1-3-7-16-10(2)12-9-11(14)4-5-13(12)17-8-6-15/h4-5,9-10,16H,3,7-8H2,1-2H3. The highest BCUT2D eigenvalue weighted by Gasteiger charge is 2.12. The number of halogens is 1. The highest BCUT2D eigenvalue weighted by molar-refractivity contribution is 5.36. The minimum atomic E-state index is -0.297. The fourth-order valence-electron chi connectivity index (χ4n) is 1.57. The van der Waals surface area contributed by atoms with Gasteiger partial charge in [-0.15, -0.1) is 0 Å². The van der Waals surface area contributed by atoms with Gasteiger partial charge < -0.3 is 10.1 Å². The predicted molar refractivity (Wildman–Crippen MR) is 64.2 cm³/mol. The van der Waals surface area contributed by atoms with Gasteiger partial charge in [-0.2, -0.15) is 5.26 Å². The largest absolute Gasteiger partial charge is 0.478 e. The van der Waals surface area contributed by atoms with Crippen LogP contribution in [0.5, 0.6) is 5.75 Å². The second kappa shape index (κ2) is 6.87. The Bertz CT molecular complexity index is 401. The van der Waals surface area contributed by atoms with Crippen molar-refractivity contribution in [2.75, 3.05) is 13.2 Å². The number of benzene rings is 1. The SMILES string of the molecule is CCCNC(C)c1cc(F)ccc1OCC#N. The molecule has 0 aliphatic rings. The summed E-state index contributed by atoms with van der Waals surface area (Å²) < 4.78 is 18.5. The fourth-order valence-corrected chi connectivity index (χ4v) is 1.57. The van der Waals surface area contributed by atoms with Crippen molar-refractivity contribution in [2.24, 2.45) is 0 Å². The molecule has 0 spiro atoms. The van der Waals surface area contributed by atoms with Crippen molar-refractivity contribution >= 4 is 0 Å². The van der Waals surface area contributed by atoms with Gasteiger partial charge in [0.1, 0.15) is 17.6 Å². The summed E-state index contributed by atoms with van der Waals surface area (Å²) in [4.78, 5) is 0. The van der Waals surface area contributed by atoms with Crippen LogP contribution in [0.2, 0.25) is 0 Å². The average Bonchev–Trinajstić information content (AvgIpc) is 2.34. The van der Waals surface area contributed by atoms with Crippen molar-refractivity contribution in [3.8, 4) is 11.8 Å². The third-order valence-corrected chi connectivity index (χ3v) is 2.43. The van der Waals surface area contributed by atoms with Crippen LogP contribution < -0.4 is 10.1 Å². The van der Waals surface area contributed by atoms with E-state index >= 15 is 0 Å². The van der Waals surface area contributed by atoms with Crippen molar-refractivity contribution in [2.45, 2.75) is 26.3 Å². The van der Waals surface area contributed by atoms with Gasteiger partial charge >= 0.3 is 0 Å². The van der Waals surface area contributed by atoms with E-state index in [1.54, 1.807) is 6.07 Å². The predicted octanol–water partition coefficient (Wildman–Crippen LogP) is 2.79. The van der Waals surface area contributed by atoms with Gasteiger partial charge in [0.15, 0.2) is 6.61 Å². The molecule has 0 aromatic heterocycles. The number of nitriles is 1. The Morgan fingerprint density at radius 1 is 1.53 bits per heavy atom. The lowest BCUT2D eigenvalue weighted by Gasteiger charge is -2.17. The normalized spacial score (nSPS) is 11.9. The highest BCUT2D eigenvalue weighted by atomic mass is 19.1. The molecule has 0 saturated heterocycles. The molecule has 1 rings (SSSR count). The third kappa shape index (κ3) is 4.04. The fraction of sp³-hybridized carbons (Fsp3) is 0.462. The van der Waals surface area contributed by atoms with Crippen LogP contribution >= 0.6 is 0 Å². The van der Waals surface area contributed by atoms with E-state index in [9.17, 15) is 4.39 Å². The molecule has 17 heavy (non-hydrogen) atoms. The lowest BCUT2D eigenvalue weighted by Crippen LogP contribution is -2.20. The molecular formula is C13H17FN2O. The molecule has 0 aliphatic carbocycles. The molecule has 0 saturated carbocycles. The van der Waals surface area contributed by atoms with Gasteiger partial charge in [0.2, 0.25) is 0 Å². The first-order valence-electron chi connectivity index (χ1n) is 5.71. The molecular weight excluding hydrogens is 219 g/mol. The summed E-state index contributed by atoms with van der Waals surface area (Å²) in [5.41, 5.74) is 0.744. The smallest absolute Gasteiger partial charge is 0.174 e. The van der Waals surface area contributed by atoms with E-state index in [4.69, 9.17) is 10.00 Å². The van der Waals surface area contributed by atoms with Gasteiger partial charge in [-0.1, -0.05) is 6.92 Å². The minimum absolute atomic E-state index is 0.000608. The van der Waals surface area contributed by atoms with Gasteiger partial charge in [0.25, 0.3) is 0 Å². The Morgan fingerprint density at radius 3 is 2.94 bits per heavy atom. The maximum Gasteiger partial charge on any atom is 0.174 e. The molecule has 0 fully saturated rings. The zero-order valence-corrected chi connectivity index (χ0v) is 10.2. The highest BCUT2D eigenvalue weighted by Crippen LogP contribution is 2.26. The van der Waals surface area contributed by atoms with Gasteiger partial charge in [-0.25, -0.2) is 4.39 Å². The summed E-state index contributed by atoms with van der Waals surface area (Å²) in [6.07, 6.45) is 1.01. The molecule has 1 unspecified atom stereocenters. The van der Waals surface area contributed by atoms with Crippen LogP contribution in [0.15, 0.2) is 18.2 Å². The average molecular weight is 236 g/mol. The second-order valence-electron chi connectivity index (χ2n) is 3.80. The number of nitrogens with zero attached hydrogens (tertiary/aromatic N) is 1. The van der Waals surface area contributed by atoms with E-state index in [1.165, 1.54) is 12.1 Å². The first-order chi connectivity index (χ1) is 8.19. The van der Waals surface area contributed by atoms with Crippen molar-refractivity contribution in [1.82, 2.24) is 5.32 Å². The quantitative estimate of drug-likeness (QED) is 0.826. The summed E-state index contributed by atoms with van der Waals surface area (Å²) in [6, 6.07) is 6.25. The van der Waals surface area contributed by atoms with E-state index in [-0.39, 0.29) is 18.5 Å². The monoisotopic (exact) mass is 236 g/mol. The molecule has 3 nitrogen and oxygen atoms in total. The Morgan fingerprint density at radius 2 is 2.29 bits per heavy atom. The molecule has 1 N–H and O–H groups in total. The summed E-state index contributed by atoms with van der Waals surface area (Å²) in [5.74, 6) is 0.263. The number of hydrogen-bond donors (Lipinski definition) is 1. The van der Waals surface area contributed by atoms with E-state index in [2.05, 4.69) is 12.2 Å². The van der Waals surface area contributed by atoms with Crippen LogP contribution in [0, 0.1) is 17.1 Å². The van der Waals surface area contributed by atoms with Crippen LogP contribution in [-0.4, -0.2) is 13.2 Å². The number of ether oxygens (including phenoxy) is 1. The molecule has 0 aliphatic heterocycles. The molecule has 0 amide bonds. The zero-order valence-electron chi connectivity index (χ0n) is 10.2. The first kappa shape index (κ1) is 13.5. The van der Waals surface area contributed by atoms with E-state index < -0.39 is 0 Å². The molecule has 0 bridgehead atoms. The lowest BCUT2D eigenvalue weighted by atomic mass is 10.1. The molecule has 92 valence electrons. The molecule has 0 radical (unpaired) electrons. The second-order valence-corrected chi connectivity index (χ2v) is 3.80. The van der Waals surface area contributed by atoms with Crippen LogP contribution in [0.1, 0.15) is 31.9 Å². The van der Waals surface area contributed by atoms with Crippen molar-refractivity contribution in [3.05, 3.63) is 29.6 Å². The zero-order chi connectivity index (χ0) is 12.7. The van der Waals surface area contributed by atoms with E-state index in [0.717, 1.165) is 18.5 Å².